The summed E-state index contributed by atoms with van der Waals surface area (Å²) in [6, 6.07) is 4.58. The Labute approximate surface area is 163 Å². The van der Waals surface area contributed by atoms with Gasteiger partial charge in [-0.05, 0) is 50.0 Å². The van der Waals surface area contributed by atoms with Crippen molar-refractivity contribution < 1.29 is 4.79 Å². The minimum atomic E-state index is 0.273. The van der Waals surface area contributed by atoms with Crippen LogP contribution in [0.25, 0.3) is 10.7 Å². The maximum Gasteiger partial charge on any atom is 0.233 e. The van der Waals surface area contributed by atoms with Crippen molar-refractivity contribution in [2.24, 2.45) is 5.92 Å². The second kappa shape index (κ2) is 8.13. The van der Waals surface area contributed by atoms with Gasteiger partial charge in [0.25, 0.3) is 0 Å². The second-order valence-corrected chi connectivity index (χ2v) is 9.05. The van der Waals surface area contributed by atoms with Crippen molar-refractivity contribution in [2.75, 3.05) is 12.3 Å². The molecule has 7 heteroatoms. The molecular weight excluding hydrogens is 364 g/mol. The molecule has 1 amide bonds. The number of carbonyl (C=O) groups is 1. The number of likely N-dealkylation sites (tertiary alicyclic amines) is 1. The Morgan fingerprint density at radius 2 is 2.12 bits per heavy atom. The van der Waals surface area contributed by atoms with Crippen molar-refractivity contribution in [2.45, 2.75) is 63.2 Å². The lowest BCUT2D eigenvalue weighted by Crippen LogP contribution is -2.50. The summed E-state index contributed by atoms with van der Waals surface area (Å²) in [6.07, 6.45) is 7.56. The maximum absolute atomic E-state index is 12.9. The van der Waals surface area contributed by atoms with Gasteiger partial charge in [-0.1, -0.05) is 30.7 Å². The fourth-order valence-corrected chi connectivity index (χ4v) is 6.02. The zero-order chi connectivity index (χ0) is 17.9. The Morgan fingerprint density at radius 1 is 1.27 bits per heavy atom. The number of hydrogen-bond acceptors (Lipinski definition) is 5. The lowest BCUT2D eigenvalue weighted by atomic mass is 9.78. The van der Waals surface area contributed by atoms with Crippen LogP contribution in [-0.2, 0) is 11.3 Å². The first kappa shape index (κ1) is 18.0. The highest BCUT2D eigenvalue weighted by atomic mass is 32.2. The summed E-state index contributed by atoms with van der Waals surface area (Å²) < 4.78 is 2.11. The van der Waals surface area contributed by atoms with Gasteiger partial charge in [0.15, 0.2) is 11.0 Å². The molecule has 140 valence electrons. The molecule has 2 aliphatic rings. The molecule has 5 nitrogen and oxygen atoms in total. The number of thioether (sulfide) groups is 1. The van der Waals surface area contributed by atoms with Crippen LogP contribution in [0.5, 0.6) is 0 Å². The predicted octanol–water partition coefficient (Wildman–Crippen LogP) is 4.30. The zero-order valence-electron chi connectivity index (χ0n) is 15.3. The predicted molar refractivity (Wildman–Crippen MR) is 106 cm³/mol. The number of carbonyl (C=O) groups excluding carboxylic acids is 1. The van der Waals surface area contributed by atoms with Crippen molar-refractivity contribution in [1.82, 2.24) is 19.7 Å². The van der Waals surface area contributed by atoms with Gasteiger partial charge < -0.3 is 9.47 Å². The topological polar surface area (TPSA) is 51.0 Å². The molecule has 1 saturated carbocycles. The average Bonchev–Trinajstić information content (AvgIpc) is 3.34. The highest BCUT2D eigenvalue weighted by Crippen LogP contribution is 2.36. The number of piperidine rings is 1. The van der Waals surface area contributed by atoms with E-state index < -0.39 is 0 Å². The summed E-state index contributed by atoms with van der Waals surface area (Å²) >= 11 is 3.20. The van der Waals surface area contributed by atoms with Crippen molar-refractivity contribution in [3.8, 4) is 10.7 Å². The number of nitrogens with zero attached hydrogens (tertiary/aromatic N) is 4. The van der Waals surface area contributed by atoms with Crippen LogP contribution in [-0.4, -0.2) is 43.9 Å². The summed E-state index contributed by atoms with van der Waals surface area (Å²) in [7, 11) is 0. The van der Waals surface area contributed by atoms with Crippen molar-refractivity contribution in [1.29, 1.82) is 0 Å². The van der Waals surface area contributed by atoms with Crippen LogP contribution in [0, 0.1) is 5.92 Å². The fourth-order valence-electron chi connectivity index (χ4n) is 4.41. The van der Waals surface area contributed by atoms with E-state index in [1.807, 2.05) is 6.07 Å². The molecule has 0 bridgehead atoms. The average molecular weight is 391 g/mol. The second-order valence-electron chi connectivity index (χ2n) is 7.16. The fraction of sp³-hybridized carbons (Fsp3) is 0.632. The van der Waals surface area contributed by atoms with Crippen LogP contribution >= 0.6 is 23.1 Å². The van der Waals surface area contributed by atoms with Crippen LogP contribution in [0.4, 0.5) is 0 Å². The van der Waals surface area contributed by atoms with Gasteiger partial charge in [0.1, 0.15) is 0 Å². The summed E-state index contributed by atoms with van der Waals surface area (Å²) in [6.45, 7) is 3.84. The lowest BCUT2D eigenvalue weighted by molar-refractivity contribution is -0.134. The quantitative estimate of drug-likeness (QED) is 0.714. The van der Waals surface area contributed by atoms with Crippen LogP contribution in [0.15, 0.2) is 22.7 Å². The highest BCUT2D eigenvalue weighted by Gasteiger charge is 2.35. The molecule has 0 aromatic carbocycles. The van der Waals surface area contributed by atoms with Gasteiger partial charge in [0.2, 0.25) is 5.91 Å². The smallest absolute Gasteiger partial charge is 0.233 e. The molecule has 2 fully saturated rings. The number of rotatable bonds is 5. The molecular formula is C19H26N4OS2. The third kappa shape index (κ3) is 3.56. The van der Waals surface area contributed by atoms with Gasteiger partial charge in [-0.2, -0.15) is 0 Å². The van der Waals surface area contributed by atoms with E-state index in [4.69, 9.17) is 0 Å². The summed E-state index contributed by atoms with van der Waals surface area (Å²) in [5.74, 6) is 2.38. The zero-order valence-corrected chi connectivity index (χ0v) is 16.9. The molecule has 2 aromatic rings. The molecule has 4 rings (SSSR count). The maximum atomic E-state index is 12.9. The van der Waals surface area contributed by atoms with Gasteiger partial charge >= 0.3 is 0 Å². The molecule has 0 N–H and O–H groups in total. The highest BCUT2D eigenvalue weighted by molar-refractivity contribution is 7.99. The van der Waals surface area contributed by atoms with E-state index in [2.05, 4.69) is 38.0 Å². The number of thiophene rings is 1. The molecule has 0 spiro atoms. The van der Waals surface area contributed by atoms with E-state index in [-0.39, 0.29) is 5.91 Å². The summed E-state index contributed by atoms with van der Waals surface area (Å²) in [4.78, 5) is 16.2. The van der Waals surface area contributed by atoms with Gasteiger partial charge in [-0.25, -0.2) is 0 Å². The molecule has 1 aliphatic carbocycles. The van der Waals surface area contributed by atoms with E-state index in [1.54, 1.807) is 11.3 Å². The number of aromatic nitrogens is 3. The first-order valence-corrected chi connectivity index (χ1v) is 11.5. The van der Waals surface area contributed by atoms with E-state index in [0.717, 1.165) is 41.3 Å². The lowest BCUT2D eigenvalue weighted by Gasteiger charge is -2.44. The van der Waals surface area contributed by atoms with Crippen molar-refractivity contribution in [3.63, 3.8) is 0 Å². The van der Waals surface area contributed by atoms with E-state index in [0.29, 0.717) is 11.8 Å². The van der Waals surface area contributed by atoms with E-state index >= 15 is 0 Å². The molecule has 26 heavy (non-hydrogen) atoms. The molecule has 0 radical (unpaired) electrons. The largest absolute Gasteiger partial charge is 0.339 e. The van der Waals surface area contributed by atoms with Gasteiger partial charge in [-0.3, -0.25) is 4.79 Å². The Bertz CT molecular complexity index is 741. The third-order valence-corrected chi connectivity index (χ3v) is 7.48. The Hall–Kier alpha value is -1.34. The van der Waals surface area contributed by atoms with Crippen molar-refractivity contribution >= 4 is 29.0 Å². The summed E-state index contributed by atoms with van der Waals surface area (Å²) in [5, 5.41) is 11.6. The van der Waals surface area contributed by atoms with Gasteiger partial charge in [-0.15, -0.1) is 21.5 Å². The molecule has 3 heterocycles. The number of amides is 1. The SMILES string of the molecule is CCn1c(SCC(=O)N2CCC[C@H]3CCCC[C@H]32)nnc1-c1cccs1. The Morgan fingerprint density at radius 3 is 2.92 bits per heavy atom. The van der Waals surface area contributed by atoms with Gasteiger partial charge in [0, 0.05) is 19.1 Å². The third-order valence-electron chi connectivity index (χ3n) is 5.66. The molecule has 0 unspecified atom stereocenters. The summed E-state index contributed by atoms with van der Waals surface area (Å²) in [5.41, 5.74) is 0. The molecule has 1 saturated heterocycles. The standard InChI is InChI=1S/C19H26N4OS2/c1-2-22-18(16-10-6-12-25-16)20-21-19(22)26-13-17(24)23-11-5-8-14-7-3-4-9-15(14)23/h6,10,12,14-15H,2-5,7-9,11,13H2,1H3/t14-,15-/m1/s1. The van der Waals surface area contributed by atoms with Crippen LogP contribution < -0.4 is 0 Å². The van der Waals surface area contributed by atoms with Crippen LogP contribution in [0.3, 0.4) is 0 Å². The van der Waals surface area contributed by atoms with Crippen LogP contribution in [0.2, 0.25) is 0 Å². The van der Waals surface area contributed by atoms with E-state index in [1.165, 1.54) is 43.9 Å². The number of fused-ring (bicyclic) bond motifs is 1. The van der Waals surface area contributed by atoms with Crippen molar-refractivity contribution in [3.05, 3.63) is 17.5 Å². The molecule has 2 atom stereocenters. The minimum Gasteiger partial charge on any atom is -0.339 e. The van der Waals surface area contributed by atoms with Crippen LogP contribution in [0.1, 0.15) is 45.4 Å². The number of hydrogen-bond donors (Lipinski definition) is 0. The normalized spacial score (nSPS) is 23.0. The minimum absolute atomic E-state index is 0.273. The van der Waals surface area contributed by atoms with E-state index in [9.17, 15) is 4.79 Å². The first-order chi connectivity index (χ1) is 12.8. The Kier molecular flexibility index (Phi) is 5.64. The molecule has 1 aliphatic heterocycles. The van der Waals surface area contributed by atoms with Gasteiger partial charge in [0.05, 0.1) is 10.6 Å². The monoisotopic (exact) mass is 390 g/mol. The first-order valence-electron chi connectivity index (χ1n) is 9.67. The molecule has 2 aromatic heterocycles. The Balaban J connectivity index is 1.43.